The van der Waals surface area contributed by atoms with E-state index in [9.17, 15) is 4.79 Å². The van der Waals surface area contributed by atoms with E-state index in [-0.39, 0.29) is 6.42 Å². The van der Waals surface area contributed by atoms with Crippen molar-refractivity contribution < 1.29 is 9.90 Å². The molecule has 2 rings (SSSR count). The van der Waals surface area contributed by atoms with E-state index in [0.29, 0.717) is 0 Å². The SMILES string of the molecule is Cc1cc(Br)cc2c(CC(=O)O)c[nH]c12. The van der Waals surface area contributed by atoms with Crippen molar-refractivity contribution in [2.24, 2.45) is 0 Å². The lowest BCUT2D eigenvalue weighted by Crippen LogP contribution is -1.98. The van der Waals surface area contributed by atoms with Crippen LogP contribution in [-0.4, -0.2) is 16.1 Å². The molecular formula is C11H10BrNO2. The van der Waals surface area contributed by atoms with Crippen molar-refractivity contribution in [3.8, 4) is 0 Å². The molecule has 2 N–H and O–H groups in total. The van der Waals surface area contributed by atoms with E-state index in [4.69, 9.17) is 5.11 Å². The minimum Gasteiger partial charge on any atom is -0.481 e. The quantitative estimate of drug-likeness (QED) is 0.879. The molecule has 0 unspecified atom stereocenters. The van der Waals surface area contributed by atoms with Crippen LogP contribution in [0.2, 0.25) is 0 Å². The number of carboxylic acid groups (broad SMARTS) is 1. The second kappa shape index (κ2) is 3.70. The molecule has 0 bridgehead atoms. The smallest absolute Gasteiger partial charge is 0.307 e. The van der Waals surface area contributed by atoms with Gasteiger partial charge in [-0.05, 0) is 30.2 Å². The van der Waals surface area contributed by atoms with Crippen molar-refractivity contribution in [2.75, 3.05) is 0 Å². The van der Waals surface area contributed by atoms with Crippen molar-refractivity contribution in [2.45, 2.75) is 13.3 Å². The zero-order valence-electron chi connectivity index (χ0n) is 8.17. The fourth-order valence-electron chi connectivity index (χ4n) is 1.73. The Bertz CT molecular complexity index is 531. The summed E-state index contributed by atoms with van der Waals surface area (Å²) in [5, 5.41) is 9.73. The van der Waals surface area contributed by atoms with E-state index in [1.54, 1.807) is 6.20 Å². The molecule has 0 radical (unpaired) electrons. The second-order valence-electron chi connectivity index (χ2n) is 3.53. The van der Waals surface area contributed by atoms with Gasteiger partial charge in [0.2, 0.25) is 0 Å². The molecule has 0 aliphatic carbocycles. The predicted octanol–water partition coefficient (Wildman–Crippen LogP) is 2.87. The van der Waals surface area contributed by atoms with Gasteiger partial charge in [0, 0.05) is 21.6 Å². The molecule has 1 heterocycles. The summed E-state index contributed by atoms with van der Waals surface area (Å²) in [6.45, 7) is 1.99. The summed E-state index contributed by atoms with van der Waals surface area (Å²) in [6, 6.07) is 3.94. The maximum absolute atomic E-state index is 10.7. The Morgan fingerprint density at radius 2 is 2.27 bits per heavy atom. The van der Waals surface area contributed by atoms with Crippen LogP contribution in [0, 0.1) is 6.92 Å². The molecular weight excluding hydrogens is 258 g/mol. The van der Waals surface area contributed by atoms with Crippen LogP contribution in [0.3, 0.4) is 0 Å². The molecule has 0 atom stereocenters. The lowest BCUT2D eigenvalue weighted by Gasteiger charge is -1.99. The Hall–Kier alpha value is -1.29. The maximum Gasteiger partial charge on any atom is 0.307 e. The predicted molar refractivity (Wildman–Crippen MR) is 62.1 cm³/mol. The number of benzene rings is 1. The number of aryl methyl sites for hydroxylation is 1. The van der Waals surface area contributed by atoms with Crippen molar-refractivity contribution >= 4 is 32.8 Å². The summed E-state index contributed by atoms with van der Waals surface area (Å²) >= 11 is 3.41. The normalized spacial score (nSPS) is 10.8. The minimum atomic E-state index is -0.812. The topological polar surface area (TPSA) is 53.1 Å². The first-order chi connectivity index (χ1) is 7.08. The molecule has 3 nitrogen and oxygen atoms in total. The van der Waals surface area contributed by atoms with Gasteiger partial charge in [-0.2, -0.15) is 0 Å². The van der Waals surface area contributed by atoms with Gasteiger partial charge < -0.3 is 10.1 Å². The van der Waals surface area contributed by atoms with E-state index < -0.39 is 5.97 Å². The third-order valence-corrected chi connectivity index (χ3v) is 2.84. The number of aromatic amines is 1. The Morgan fingerprint density at radius 1 is 1.53 bits per heavy atom. The number of fused-ring (bicyclic) bond motifs is 1. The molecule has 0 aliphatic heterocycles. The lowest BCUT2D eigenvalue weighted by atomic mass is 10.1. The number of hydrogen-bond donors (Lipinski definition) is 2. The standard InChI is InChI=1S/C11H10BrNO2/c1-6-2-8(12)4-9-7(3-10(14)15)5-13-11(6)9/h2,4-5,13H,3H2,1H3,(H,14,15). The summed E-state index contributed by atoms with van der Waals surface area (Å²) in [5.41, 5.74) is 2.94. The van der Waals surface area contributed by atoms with Crippen LogP contribution in [0.1, 0.15) is 11.1 Å². The highest BCUT2D eigenvalue weighted by Gasteiger charge is 2.09. The minimum absolute atomic E-state index is 0.0515. The van der Waals surface area contributed by atoms with Crippen LogP contribution < -0.4 is 0 Å². The van der Waals surface area contributed by atoms with E-state index in [2.05, 4.69) is 20.9 Å². The average Bonchev–Trinajstić information content (AvgIpc) is 2.48. The van der Waals surface area contributed by atoms with E-state index in [0.717, 1.165) is 26.5 Å². The summed E-state index contributed by atoms with van der Waals surface area (Å²) in [4.78, 5) is 13.8. The zero-order chi connectivity index (χ0) is 11.0. The molecule has 0 fully saturated rings. The highest BCUT2D eigenvalue weighted by molar-refractivity contribution is 9.10. The highest BCUT2D eigenvalue weighted by Crippen LogP contribution is 2.26. The number of aromatic nitrogens is 1. The number of carboxylic acids is 1. The second-order valence-corrected chi connectivity index (χ2v) is 4.45. The van der Waals surface area contributed by atoms with Gasteiger partial charge in [-0.1, -0.05) is 15.9 Å². The Morgan fingerprint density at radius 3 is 2.93 bits per heavy atom. The fraction of sp³-hybridized carbons (Fsp3) is 0.182. The first-order valence-electron chi connectivity index (χ1n) is 4.56. The number of carbonyl (C=O) groups is 1. The molecule has 0 saturated heterocycles. The molecule has 4 heteroatoms. The van der Waals surface area contributed by atoms with Crippen LogP contribution in [-0.2, 0) is 11.2 Å². The van der Waals surface area contributed by atoms with Crippen LogP contribution in [0.25, 0.3) is 10.9 Å². The van der Waals surface area contributed by atoms with Crippen LogP contribution >= 0.6 is 15.9 Å². The van der Waals surface area contributed by atoms with Gasteiger partial charge >= 0.3 is 5.97 Å². The van der Waals surface area contributed by atoms with E-state index >= 15 is 0 Å². The van der Waals surface area contributed by atoms with Gasteiger partial charge in [0.05, 0.1) is 6.42 Å². The number of aliphatic carboxylic acids is 1. The number of halogens is 1. The van der Waals surface area contributed by atoms with Gasteiger partial charge in [-0.25, -0.2) is 0 Å². The maximum atomic E-state index is 10.7. The molecule has 1 aromatic heterocycles. The summed E-state index contributed by atoms with van der Waals surface area (Å²) in [6.07, 6.45) is 1.81. The molecule has 1 aromatic carbocycles. The molecule has 78 valence electrons. The largest absolute Gasteiger partial charge is 0.481 e. The Balaban J connectivity index is 2.63. The number of H-pyrrole nitrogens is 1. The van der Waals surface area contributed by atoms with Gasteiger partial charge in [-0.3, -0.25) is 4.79 Å². The lowest BCUT2D eigenvalue weighted by molar-refractivity contribution is -0.136. The molecule has 0 saturated carbocycles. The van der Waals surface area contributed by atoms with Crippen LogP contribution in [0.4, 0.5) is 0 Å². The third kappa shape index (κ3) is 1.90. The van der Waals surface area contributed by atoms with Gasteiger partial charge in [0.1, 0.15) is 0 Å². The van der Waals surface area contributed by atoms with Crippen molar-refractivity contribution in [1.29, 1.82) is 0 Å². The van der Waals surface area contributed by atoms with Crippen LogP contribution in [0.15, 0.2) is 22.8 Å². The highest BCUT2D eigenvalue weighted by atomic mass is 79.9. The van der Waals surface area contributed by atoms with E-state index in [1.165, 1.54) is 0 Å². The molecule has 0 aliphatic rings. The first-order valence-corrected chi connectivity index (χ1v) is 5.35. The fourth-order valence-corrected chi connectivity index (χ4v) is 2.31. The molecule has 0 amide bonds. The number of nitrogens with one attached hydrogen (secondary N) is 1. The Labute approximate surface area is 95.2 Å². The molecule has 2 aromatic rings. The van der Waals surface area contributed by atoms with Crippen molar-refractivity contribution in [3.63, 3.8) is 0 Å². The number of rotatable bonds is 2. The summed E-state index contributed by atoms with van der Waals surface area (Å²) < 4.78 is 0.971. The molecule has 15 heavy (non-hydrogen) atoms. The average molecular weight is 268 g/mol. The van der Waals surface area contributed by atoms with Crippen molar-refractivity contribution in [1.82, 2.24) is 4.98 Å². The van der Waals surface area contributed by atoms with Gasteiger partial charge in [0.15, 0.2) is 0 Å². The first kappa shape index (κ1) is 10.2. The summed E-state index contributed by atoms with van der Waals surface area (Å²) in [5.74, 6) is -0.812. The van der Waals surface area contributed by atoms with Crippen molar-refractivity contribution in [3.05, 3.63) is 33.9 Å². The van der Waals surface area contributed by atoms with Gasteiger partial charge in [0.25, 0.3) is 0 Å². The molecule has 0 spiro atoms. The summed E-state index contributed by atoms with van der Waals surface area (Å²) in [7, 11) is 0. The van der Waals surface area contributed by atoms with Gasteiger partial charge in [-0.15, -0.1) is 0 Å². The number of hydrogen-bond acceptors (Lipinski definition) is 1. The monoisotopic (exact) mass is 267 g/mol. The third-order valence-electron chi connectivity index (χ3n) is 2.38. The zero-order valence-corrected chi connectivity index (χ0v) is 9.76. The van der Waals surface area contributed by atoms with E-state index in [1.807, 2.05) is 19.1 Å². The van der Waals surface area contributed by atoms with Crippen LogP contribution in [0.5, 0.6) is 0 Å². The Kier molecular flexibility index (Phi) is 2.52.